The quantitative estimate of drug-likeness (QED) is 0.860. The number of hydrogen-bond acceptors (Lipinski definition) is 3. The second-order valence-corrected chi connectivity index (χ2v) is 6.31. The number of piperidine rings is 1. The predicted octanol–water partition coefficient (Wildman–Crippen LogP) is 3.03. The molecule has 1 aromatic rings. The molecule has 0 aromatic heterocycles. The molecule has 1 aromatic carbocycles. The van der Waals surface area contributed by atoms with Gasteiger partial charge in [-0.25, -0.2) is 0 Å². The summed E-state index contributed by atoms with van der Waals surface area (Å²) in [5.41, 5.74) is 2.99. The molecule has 2 saturated heterocycles. The number of nitrogens with one attached hydrogen (secondary N) is 1. The van der Waals surface area contributed by atoms with Gasteiger partial charge in [0.2, 0.25) is 0 Å². The predicted molar refractivity (Wildman–Crippen MR) is 79.5 cm³/mol. The molecule has 0 radical (unpaired) electrons. The number of ether oxygens (including phenoxy) is 1. The van der Waals surface area contributed by atoms with Crippen LogP contribution in [0.3, 0.4) is 0 Å². The summed E-state index contributed by atoms with van der Waals surface area (Å²) in [6, 6.07) is 5.05. The van der Waals surface area contributed by atoms with Crippen molar-refractivity contribution in [2.45, 2.75) is 51.6 Å². The van der Waals surface area contributed by atoms with Crippen LogP contribution in [-0.4, -0.2) is 25.0 Å². The van der Waals surface area contributed by atoms with E-state index in [4.69, 9.17) is 4.74 Å². The zero-order valence-corrected chi connectivity index (χ0v) is 12.5. The van der Waals surface area contributed by atoms with Crippen molar-refractivity contribution >= 4 is 5.78 Å². The maximum Gasteiger partial charge on any atom is 0.166 e. The van der Waals surface area contributed by atoms with E-state index < -0.39 is 0 Å². The fourth-order valence-corrected chi connectivity index (χ4v) is 3.91. The van der Waals surface area contributed by atoms with E-state index in [0.717, 1.165) is 35.3 Å². The molecule has 2 aliphatic rings. The van der Waals surface area contributed by atoms with E-state index in [-0.39, 0.29) is 5.92 Å². The van der Waals surface area contributed by atoms with Gasteiger partial charge in [0.15, 0.2) is 5.78 Å². The van der Waals surface area contributed by atoms with Crippen molar-refractivity contribution in [2.75, 3.05) is 7.11 Å². The van der Waals surface area contributed by atoms with Crippen LogP contribution in [0.2, 0.25) is 0 Å². The molecule has 0 aliphatic carbocycles. The van der Waals surface area contributed by atoms with Crippen molar-refractivity contribution in [1.82, 2.24) is 5.32 Å². The van der Waals surface area contributed by atoms with Gasteiger partial charge in [0.25, 0.3) is 0 Å². The Balaban J connectivity index is 1.87. The number of hydrogen-bond donors (Lipinski definition) is 1. The van der Waals surface area contributed by atoms with E-state index in [1.807, 2.05) is 26.0 Å². The number of Topliss-reactive ketones (excluding diaryl/α,β-unsaturated/α-hetero) is 1. The smallest absolute Gasteiger partial charge is 0.166 e. The Morgan fingerprint density at radius 1 is 1.15 bits per heavy atom. The molecule has 2 aliphatic heterocycles. The van der Waals surface area contributed by atoms with Crippen LogP contribution in [0.5, 0.6) is 5.75 Å². The summed E-state index contributed by atoms with van der Waals surface area (Å²) in [7, 11) is 1.67. The molecule has 0 spiro atoms. The Kier molecular flexibility index (Phi) is 3.55. The highest BCUT2D eigenvalue weighted by atomic mass is 16.5. The molecule has 2 bridgehead atoms. The molecule has 1 N–H and O–H groups in total. The number of methoxy groups -OCH3 is 1. The molecule has 2 unspecified atom stereocenters. The van der Waals surface area contributed by atoms with Gasteiger partial charge in [-0.15, -0.1) is 0 Å². The first-order valence-corrected chi connectivity index (χ1v) is 7.54. The van der Waals surface area contributed by atoms with Crippen molar-refractivity contribution in [1.29, 1.82) is 0 Å². The summed E-state index contributed by atoms with van der Waals surface area (Å²) in [6.45, 7) is 4.02. The maximum absolute atomic E-state index is 12.9. The van der Waals surface area contributed by atoms with Crippen LogP contribution < -0.4 is 10.1 Å². The maximum atomic E-state index is 12.9. The minimum atomic E-state index is 0.194. The Morgan fingerprint density at radius 3 is 2.20 bits per heavy atom. The molecule has 20 heavy (non-hydrogen) atoms. The van der Waals surface area contributed by atoms with Gasteiger partial charge in [-0.1, -0.05) is 0 Å². The van der Waals surface area contributed by atoms with Crippen LogP contribution in [-0.2, 0) is 0 Å². The summed E-state index contributed by atoms with van der Waals surface area (Å²) in [5, 5.41) is 3.60. The first-order chi connectivity index (χ1) is 9.58. The number of ketones is 1. The van der Waals surface area contributed by atoms with Crippen LogP contribution in [0.15, 0.2) is 12.1 Å². The third-order valence-electron chi connectivity index (χ3n) is 4.83. The van der Waals surface area contributed by atoms with Crippen molar-refractivity contribution in [3.8, 4) is 5.75 Å². The zero-order valence-electron chi connectivity index (χ0n) is 12.5. The largest absolute Gasteiger partial charge is 0.497 e. The van der Waals surface area contributed by atoms with E-state index in [2.05, 4.69) is 5.32 Å². The summed E-state index contributed by atoms with van der Waals surface area (Å²) in [5.74, 6) is 1.36. The van der Waals surface area contributed by atoms with Crippen LogP contribution >= 0.6 is 0 Å². The number of carbonyl (C=O) groups is 1. The number of benzene rings is 1. The average molecular weight is 273 g/mol. The van der Waals surface area contributed by atoms with E-state index >= 15 is 0 Å². The average Bonchev–Trinajstić information content (AvgIpc) is 2.76. The van der Waals surface area contributed by atoms with Gasteiger partial charge in [0, 0.05) is 23.6 Å². The van der Waals surface area contributed by atoms with Crippen molar-refractivity contribution in [2.24, 2.45) is 5.92 Å². The SMILES string of the molecule is COc1cc(C)c(C(=O)C2CC3CCC(C2)N3)c(C)c1. The highest BCUT2D eigenvalue weighted by Crippen LogP contribution is 2.34. The first kappa shape index (κ1) is 13.6. The minimum absolute atomic E-state index is 0.194. The Morgan fingerprint density at radius 2 is 1.70 bits per heavy atom. The lowest BCUT2D eigenvalue weighted by molar-refractivity contribution is 0.0874. The molecular weight excluding hydrogens is 250 g/mol. The monoisotopic (exact) mass is 273 g/mol. The second kappa shape index (κ2) is 5.21. The van der Waals surface area contributed by atoms with E-state index in [0.29, 0.717) is 17.9 Å². The van der Waals surface area contributed by atoms with Gasteiger partial charge in [0.05, 0.1) is 7.11 Å². The molecule has 2 atom stereocenters. The topological polar surface area (TPSA) is 38.3 Å². The van der Waals surface area contributed by atoms with E-state index in [1.54, 1.807) is 7.11 Å². The molecule has 0 amide bonds. The van der Waals surface area contributed by atoms with Gasteiger partial charge in [-0.3, -0.25) is 4.79 Å². The van der Waals surface area contributed by atoms with E-state index in [1.165, 1.54) is 12.8 Å². The van der Waals surface area contributed by atoms with E-state index in [9.17, 15) is 4.79 Å². The minimum Gasteiger partial charge on any atom is -0.497 e. The third kappa shape index (κ3) is 2.35. The molecule has 3 nitrogen and oxygen atoms in total. The fraction of sp³-hybridized carbons (Fsp3) is 0.588. The molecule has 3 rings (SSSR count). The number of rotatable bonds is 3. The lowest BCUT2D eigenvalue weighted by Crippen LogP contribution is -2.40. The Hall–Kier alpha value is -1.35. The molecule has 3 heteroatoms. The number of carbonyl (C=O) groups excluding carboxylic acids is 1. The molecule has 2 fully saturated rings. The van der Waals surface area contributed by atoms with Crippen LogP contribution in [0.1, 0.15) is 47.2 Å². The summed E-state index contributed by atoms with van der Waals surface area (Å²) < 4.78 is 5.28. The van der Waals surface area contributed by atoms with Crippen LogP contribution in [0, 0.1) is 19.8 Å². The van der Waals surface area contributed by atoms with Gasteiger partial charge in [-0.05, 0) is 62.8 Å². The summed E-state index contributed by atoms with van der Waals surface area (Å²) in [6.07, 6.45) is 4.46. The normalized spacial score (nSPS) is 28.4. The second-order valence-electron chi connectivity index (χ2n) is 6.31. The van der Waals surface area contributed by atoms with Gasteiger partial charge in [-0.2, -0.15) is 0 Å². The van der Waals surface area contributed by atoms with Crippen LogP contribution in [0.25, 0.3) is 0 Å². The lowest BCUT2D eigenvalue weighted by Gasteiger charge is -2.29. The molecule has 108 valence electrons. The highest BCUT2D eigenvalue weighted by Gasteiger charge is 2.37. The molecule has 2 heterocycles. The first-order valence-electron chi connectivity index (χ1n) is 7.54. The summed E-state index contributed by atoms with van der Waals surface area (Å²) in [4.78, 5) is 12.9. The third-order valence-corrected chi connectivity index (χ3v) is 4.83. The van der Waals surface area contributed by atoms with Gasteiger partial charge in [0.1, 0.15) is 5.75 Å². The fourth-order valence-electron chi connectivity index (χ4n) is 3.91. The molecular formula is C17H23NO2. The zero-order chi connectivity index (χ0) is 14.3. The summed E-state index contributed by atoms with van der Waals surface area (Å²) >= 11 is 0. The van der Waals surface area contributed by atoms with Crippen molar-refractivity contribution in [3.05, 3.63) is 28.8 Å². The van der Waals surface area contributed by atoms with Crippen LogP contribution in [0.4, 0.5) is 0 Å². The van der Waals surface area contributed by atoms with Gasteiger partial charge < -0.3 is 10.1 Å². The molecule has 0 saturated carbocycles. The Bertz CT molecular complexity index is 503. The Labute approximate surface area is 120 Å². The van der Waals surface area contributed by atoms with Gasteiger partial charge >= 0.3 is 0 Å². The highest BCUT2D eigenvalue weighted by molar-refractivity contribution is 6.00. The number of fused-ring (bicyclic) bond motifs is 2. The van der Waals surface area contributed by atoms with Crippen molar-refractivity contribution < 1.29 is 9.53 Å². The van der Waals surface area contributed by atoms with Crippen molar-refractivity contribution in [3.63, 3.8) is 0 Å². The standard InChI is InChI=1S/C17H23NO2/c1-10-6-15(20-3)7-11(2)16(10)17(19)12-8-13-4-5-14(9-12)18-13/h6-7,12-14,18H,4-5,8-9H2,1-3H3. The number of aryl methyl sites for hydroxylation is 2. The lowest BCUT2D eigenvalue weighted by atomic mass is 9.83.